The standard InChI is InChI=1S/C14H14FN3O/c1-9-5-4-7-11(15)13(9)17-14(19)10-6-2-3-8-12(10)18-16/h2-8,18H,16H2,1H3,(H,17,19). The first-order valence-electron chi connectivity index (χ1n) is 5.75. The molecule has 0 aromatic heterocycles. The lowest BCUT2D eigenvalue weighted by Crippen LogP contribution is -2.18. The number of anilines is 2. The lowest BCUT2D eigenvalue weighted by Gasteiger charge is -2.11. The highest BCUT2D eigenvalue weighted by atomic mass is 19.1. The number of nitrogens with two attached hydrogens (primary N) is 1. The van der Waals surface area contributed by atoms with Crippen LogP contribution in [0.25, 0.3) is 0 Å². The largest absolute Gasteiger partial charge is 0.323 e. The van der Waals surface area contributed by atoms with Gasteiger partial charge in [0.05, 0.1) is 16.9 Å². The SMILES string of the molecule is Cc1cccc(F)c1NC(=O)c1ccccc1NN. The summed E-state index contributed by atoms with van der Waals surface area (Å²) in [6.07, 6.45) is 0. The molecule has 98 valence electrons. The molecule has 0 saturated carbocycles. The molecule has 4 nitrogen and oxygen atoms in total. The Bertz CT molecular complexity index is 593. The molecule has 0 aliphatic heterocycles. The minimum Gasteiger partial charge on any atom is -0.323 e. The fourth-order valence-corrected chi connectivity index (χ4v) is 1.78. The van der Waals surface area contributed by atoms with Crippen LogP contribution in [-0.4, -0.2) is 5.91 Å². The molecule has 0 radical (unpaired) electrons. The fourth-order valence-electron chi connectivity index (χ4n) is 1.78. The highest BCUT2D eigenvalue weighted by molar-refractivity contribution is 6.08. The molecule has 0 spiro atoms. The van der Waals surface area contributed by atoms with Gasteiger partial charge in [-0.1, -0.05) is 24.3 Å². The molecule has 0 fully saturated rings. The van der Waals surface area contributed by atoms with Crippen LogP contribution in [0.1, 0.15) is 15.9 Å². The molecular weight excluding hydrogens is 245 g/mol. The molecule has 2 aromatic rings. The Hall–Kier alpha value is -2.40. The Labute approximate surface area is 110 Å². The molecular formula is C14H14FN3O. The average molecular weight is 259 g/mol. The van der Waals surface area contributed by atoms with Crippen molar-refractivity contribution in [1.82, 2.24) is 0 Å². The van der Waals surface area contributed by atoms with E-state index in [0.29, 0.717) is 16.8 Å². The number of rotatable bonds is 3. The van der Waals surface area contributed by atoms with Gasteiger partial charge in [0, 0.05) is 0 Å². The number of carbonyl (C=O) groups excluding carboxylic acids is 1. The van der Waals surface area contributed by atoms with E-state index in [1.165, 1.54) is 6.07 Å². The number of aryl methyl sites for hydroxylation is 1. The van der Waals surface area contributed by atoms with Crippen molar-refractivity contribution in [1.29, 1.82) is 0 Å². The number of nitrogen functional groups attached to an aromatic ring is 1. The lowest BCUT2D eigenvalue weighted by molar-refractivity contribution is 0.102. The van der Waals surface area contributed by atoms with Crippen molar-refractivity contribution >= 4 is 17.3 Å². The van der Waals surface area contributed by atoms with E-state index in [1.807, 2.05) is 0 Å². The van der Waals surface area contributed by atoms with Gasteiger partial charge in [-0.25, -0.2) is 4.39 Å². The van der Waals surface area contributed by atoms with E-state index in [-0.39, 0.29) is 5.69 Å². The summed E-state index contributed by atoms with van der Waals surface area (Å²) in [5.74, 6) is 4.46. The molecule has 0 bridgehead atoms. The van der Waals surface area contributed by atoms with Crippen molar-refractivity contribution in [3.05, 3.63) is 59.4 Å². The Morgan fingerprint density at radius 3 is 2.58 bits per heavy atom. The summed E-state index contributed by atoms with van der Waals surface area (Å²) in [5, 5.41) is 2.56. The fraction of sp³-hybridized carbons (Fsp3) is 0.0714. The minimum atomic E-state index is -0.466. The number of hydrogen-bond donors (Lipinski definition) is 3. The molecule has 0 heterocycles. The number of hydrogen-bond acceptors (Lipinski definition) is 3. The van der Waals surface area contributed by atoms with Crippen molar-refractivity contribution in [3.8, 4) is 0 Å². The molecule has 0 saturated heterocycles. The number of halogens is 1. The Balaban J connectivity index is 2.31. The zero-order valence-corrected chi connectivity index (χ0v) is 10.4. The first-order valence-corrected chi connectivity index (χ1v) is 5.75. The number of carbonyl (C=O) groups is 1. The predicted molar refractivity (Wildman–Crippen MR) is 73.3 cm³/mol. The smallest absolute Gasteiger partial charge is 0.257 e. The lowest BCUT2D eigenvalue weighted by atomic mass is 10.1. The highest BCUT2D eigenvalue weighted by Gasteiger charge is 2.13. The van der Waals surface area contributed by atoms with Crippen LogP contribution in [0.3, 0.4) is 0 Å². The third-order valence-electron chi connectivity index (χ3n) is 2.79. The normalized spacial score (nSPS) is 10.1. The summed E-state index contributed by atoms with van der Waals surface area (Å²) in [6, 6.07) is 11.4. The van der Waals surface area contributed by atoms with Gasteiger partial charge in [-0.2, -0.15) is 0 Å². The van der Waals surface area contributed by atoms with E-state index < -0.39 is 11.7 Å². The number of nitrogens with one attached hydrogen (secondary N) is 2. The second-order valence-electron chi connectivity index (χ2n) is 4.08. The van der Waals surface area contributed by atoms with Gasteiger partial charge in [-0.05, 0) is 30.7 Å². The second kappa shape index (κ2) is 5.49. The molecule has 0 unspecified atom stereocenters. The molecule has 0 aliphatic rings. The van der Waals surface area contributed by atoms with E-state index in [4.69, 9.17) is 5.84 Å². The molecule has 5 heteroatoms. The predicted octanol–water partition coefficient (Wildman–Crippen LogP) is 2.67. The molecule has 2 rings (SSSR count). The van der Waals surface area contributed by atoms with Crippen LogP contribution in [0.2, 0.25) is 0 Å². The third-order valence-corrected chi connectivity index (χ3v) is 2.79. The Kier molecular flexibility index (Phi) is 3.77. The van der Waals surface area contributed by atoms with E-state index in [0.717, 1.165) is 0 Å². The van der Waals surface area contributed by atoms with Gasteiger partial charge >= 0.3 is 0 Å². The molecule has 1 amide bonds. The summed E-state index contributed by atoms with van der Waals surface area (Å²) in [6.45, 7) is 1.73. The van der Waals surface area contributed by atoms with Crippen molar-refractivity contribution in [3.63, 3.8) is 0 Å². The molecule has 0 aliphatic carbocycles. The van der Waals surface area contributed by atoms with Crippen LogP contribution in [0.4, 0.5) is 15.8 Å². The highest BCUT2D eigenvalue weighted by Crippen LogP contribution is 2.21. The monoisotopic (exact) mass is 259 g/mol. The molecule has 2 aromatic carbocycles. The second-order valence-corrected chi connectivity index (χ2v) is 4.08. The van der Waals surface area contributed by atoms with Gasteiger partial charge < -0.3 is 10.7 Å². The summed E-state index contributed by atoms with van der Waals surface area (Å²) in [5.41, 5.74) is 4.11. The van der Waals surface area contributed by atoms with E-state index in [9.17, 15) is 9.18 Å². The molecule has 19 heavy (non-hydrogen) atoms. The van der Waals surface area contributed by atoms with Crippen LogP contribution in [-0.2, 0) is 0 Å². The summed E-state index contributed by atoms with van der Waals surface area (Å²) in [7, 11) is 0. The van der Waals surface area contributed by atoms with Crippen molar-refractivity contribution in [2.24, 2.45) is 5.84 Å². The number of hydrazine groups is 1. The van der Waals surface area contributed by atoms with Crippen molar-refractivity contribution in [2.75, 3.05) is 10.7 Å². The Morgan fingerprint density at radius 2 is 1.89 bits per heavy atom. The maximum absolute atomic E-state index is 13.7. The maximum atomic E-state index is 13.7. The zero-order chi connectivity index (χ0) is 13.8. The topological polar surface area (TPSA) is 67.2 Å². The van der Waals surface area contributed by atoms with Crippen LogP contribution < -0.4 is 16.6 Å². The van der Waals surface area contributed by atoms with Gasteiger partial charge in [0.1, 0.15) is 5.82 Å². The number of amides is 1. The first-order chi connectivity index (χ1) is 9.13. The van der Waals surface area contributed by atoms with Gasteiger partial charge in [-0.3, -0.25) is 10.6 Å². The van der Waals surface area contributed by atoms with E-state index in [2.05, 4.69) is 10.7 Å². The van der Waals surface area contributed by atoms with Crippen LogP contribution in [0, 0.1) is 12.7 Å². The van der Waals surface area contributed by atoms with Gasteiger partial charge in [0.25, 0.3) is 5.91 Å². The summed E-state index contributed by atoms with van der Waals surface area (Å²) in [4.78, 5) is 12.1. The van der Waals surface area contributed by atoms with Crippen LogP contribution in [0.15, 0.2) is 42.5 Å². The molecule has 4 N–H and O–H groups in total. The van der Waals surface area contributed by atoms with Crippen LogP contribution in [0.5, 0.6) is 0 Å². The Morgan fingerprint density at radius 1 is 1.16 bits per heavy atom. The van der Waals surface area contributed by atoms with Crippen molar-refractivity contribution in [2.45, 2.75) is 6.92 Å². The zero-order valence-electron chi connectivity index (χ0n) is 10.4. The van der Waals surface area contributed by atoms with Gasteiger partial charge in [0.2, 0.25) is 0 Å². The maximum Gasteiger partial charge on any atom is 0.257 e. The van der Waals surface area contributed by atoms with Crippen LogP contribution >= 0.6 is 0 Å². The molecule has 0 atom stereocenters. The number of para-hydroxylation sites is 2. The average Bonchev–Trinajstić information content (AvgIpc) is 2.42. The van der Waals surface area contributed by atoms with Crippen molar-refractivity contribution < 1.29 is 9.18 Å². The van der Waals surface area contributed by atoms with Gasteiger partial charge in [-0.15, -0.1) is 0 Å². The summed E-state index contributed by atoms with van der Waals surface area (Å²) >= 11 is 0. The third kappa shape index (κ3) is 2.71. The summed E-state index contributed by atoms with van der Waals surface area (Å²) < 4.78 is 13.7. The minimum absolute atomic E-state index is 0.180. The quantitative estimate of drug-likeness (QED) is 0.586. The van der Waals surface area contributed by atoms with E-state index in [1.54, 1.807) is 43.3 Å². The first kappa shape index (κ1) is 13.0. The van der Waals surface area contributed by atoms with E-state index >= 15 is 0 Å². The number of benzene rings is 2. The van der Waals surface area contributed by atoms with Gasteiger partial charge in [0.15, 0.2) is 0 Å².